The molecule has 0 unspecified atom stereocenters. The number of para-hydroxylation sites is 1. The quantitative estimate of drug-likeness (QED) is 0.500. The Hall–Kier alpha value is -2.86. The first kappa shape index (κ1) is 15.7. The summed E-state index contributed by atoms with van der Waals surface area (Å²) < 4.78 is 17.1. The zero-order valence-electron chi connectivity index (χ0n) is 13.5. The molecule has 0 aliphatic heterocycles. The van der Waals surface area contributed by atoms with Crippen LogP contribution < -0.4 is 4.74 Å². The Bertz CT molecular complexity index is 1020. The van der Waals surface area contributed by atoms with Crippen molar-refractivity contribution < 1.29 is 18.7 Å². The molecule has 0 spiro atoms. The van der Waals surface area contributed by atoms with Gasteiger partial charge in [-0.1, -0.05) is 12.1 Å². The standard InChI is InChI=1S/C19H15NO4S/c1-22-13-6-7-14-12(10-23-16(14)9-13)8-19(21)24-11-18-20-15-4-2-3-5-17(15)25-18/h2-7,9-10H,8,11H2,1H3. The van der Waals surface area contributed by atoms with Crippen molar-refractivity contribution in [3.05, 3.63) is 59.3 Å². The summed E-state index contributed by atoms with van der Waals surface area (Å²) in [5.74, 6) is 0.407. The van der Waals surface area contributed by atoms with Gasteiger partial charge in [0.05, 0.1) is 30.0 Å². The van der Waals surface area contributed by atoms with Crippen LogP contribution in [0.3, 0.4) is 0 Å². The number of fused-ring (bicyclic) bond motifs is 2. The van der Waals surface area contributed by atoms with Crippen LogP contribution in [-0.4, -0.2) is 18.1 Å². The molecule has 0 fully saturated rings. The minimum Gasteiger partial charge on any atom is -0.497 e. The molecule has 0 bridgehead atoms. The van der Waals surface area contributed by atoms with Gasteiger partial charge in [-0.05, 0) is 24.3 Å². The third-order valence-corrected chi connectivity index (χ3v) is 4.90. The first-order valence-corrected chi connectivity index (χ1v) is 8.59. The lowest BCUT2D eigenvalue weighted by molar-refractivity contribution is -0.144. The molecule has 2 aromatic carbocycles. The van der Waals surface area contributed by atoms with Crippen LogP contribution in [0.5, 0.6) is 5.75 Å². The molecule has 0 aliphatic carbocycles. The van der Waals surface area contributed by atoms with Gasteiger partial charge in [0.25, 0.3) is 0 Å². The minimum atomic E-state index is -0.308. The number of aromatic nitrogens is 1. The molecule has 0 aliphatic rings. The van der Waals surface area contributed by atoms with E-state index in [0.717, 1.165) is 26.2 Å². The molecule has 0 saturated carbocycles. The number of benzene rings is 2. The zero-order valence-corrected chi connectivity index (χ0v) is 14.3. The summed E-state index contributed by atoms with van der Waals surface area (Å²) in [6.45, 7) is 0.182. The van der Waals surface area contributed by atoms with E-state index in [0.29, 0.717) is 11.3 Å². The van der Waals surface area contributed by atoms with Gasteiger partial charge in [0.1, 0.15) is 22.9 Å². The van der Waals surface area contributed by atoms with Crippen LogP contribution in [0.1, 0.15) is 10.6 Å². The van der Waals surface area contributed by atoms with Crippen molar-refractivity contribution in [2.24, 2.45) is 0 Å². The fourth-order valence-electron chi connectivity index (χ4n) is 2.66. The molecule has 2 aromatic heterocycles. The molecule has 5 nitrogen and oxygen atoms in total. The van der Waals surface area contributed by atoms with E-state index < -0.39 is 0 Å². The number of esters is 1. The van der Waals surface area contributed by atoms with Gasteiger partial charge in [0.15, 0.2) is 0 Å². The third-order valence-electron chi connectivity index (χ3n) is 3.89. The second-order valence-corrected chi connectivity index (χ2v) is 6.65. The molecule has 4 aromatic rings. The highest BCUT2D eigenvalue weighted by atomic mass is 32.1. The number of ether oxygens (including phenoxy) is 2. The SMILES string of the molecule is COc1ccc2c(CC(=O)OCc3nc4ccccc4s3)coc2c1. The molecule has 0 amide bonds. The Labute approximate surface area is 147 Å². The van der Waals surface area contributed by atoms with Crippen LogP contribution in [0, 0.1) is 0 Å². The molecular formula is C19H15NO4S. The van der Waals surface area contributed by atoms with Crippen molar-refractivity contribution >= 4 is 38.5 Å². The first-order valence-electron chi connectivity index (χ1n) is 7.77. The van der Waals surface area contributed by atoms with Crippen molar-refractivity contribution in [2.75, 3.05) is 7.11 Å². The van der Waals surface area contributed by atoms with E-state index in [1.807, 2.05) is 36.4 Å². The number of thiazole rings is 1. The van der Waals surface area contributed by atoms with Gasteiger partial charge in [-0.25, -0.2) is 4.98 Å². The van der Waals surface area contributed by atoms with Crippen LogP contribution in [0.2, 0.25) is 0 Å². The van der Waals surface area contributed by atoms with E-state index in [1.54, 1.807) is 19.4 Å². The first-order chi connectivity index (χ1) is 12.2. The molecule has 0 radical (unpaired) electrons. The highest BCUT2D eigenvalue weighted by molar-refractivity contribution is 7.18. The summed E-state index contributed by atoms with van der Waals surface area (Å²) in [6.07, 6.45) is 1.74. The number of hydrogen-bond acceptors (Lipinski definition) is 6. The summed E-state index contributed by atoms with van der Waals surface area (Å²) >= 11 is 1.53. The molecule has 2 heterocycles. The van der Waals surface area contributed by atoms with Crippen molar-refractivity contribution in [1.29, 1.82) is 0 Å². The molecule has 25 heavy (non-hydrogen) atoms. The number of nitrogens with zero attached hydrogens (tertiary/aromatic N) is 1. The zero-order chi connectivity index (χ0) is 17.2. The number of methoxy groups -OCH3 is 1. The lowest BCUT2D eigenvalue weighted by Gasteiger charge is -2.02. The average Bonchev–Trinajstić information content (AvgIpc) is 3.23. The highest BCUT2D eigenvalue weighted by Crippen LogP contribution is 2.26. The summed E-state index contributed by atoms with van der Waals surface area (Å²) in [5.41, 5.74) is 2.41. The molecule has 126 valence electrons. The van der Waals surface area contributed by atoms with Crippen molar-refractivity contribution in [2.45, 2.75) is 13.0 Å². The van der Waals surface area contributed by atoms with Crippen molar-refractivity contribution in [3.63, 3.8) is 0 Å². The Balaban J connectivity index is 1.43. The minimum absolute atomic E-state index is 0.157. The van der Waals surface area contributed by atoms with Gasteiger partial charge in [-0.3, -0.25) is 4.79 Å². The number of carbonyl (C=O) groups is 1. The predicted octanol–water partition coefficient (Wildman–Crippen LogP) is 4.34. The van der Waals surface area contributed by atoms with Gasteiger partial charge < -0.3 is 13.9 Å². The highest BCUT2D eigenvalue weighted by Gasteiger charge is 2.13. The largest absolute Gasteiger partial charge is 0.497 e. The van der Waals surface area contributed by atoms with Crippen LogP contribution in [0.25, 0.3) is 21.2 Å². The van der Waals surface area contributed by atoms with E-state index in [2.05, 4.69) is 4.98 Å². The van der Waals surface area contributed by atoms with E-state index >= 15 is 0 Å². The summed E-state index contributed by atoms with van der Waals surface area (Å²) in [4.78, 5) is 16.6. The van der Waals surface area contributed by atoms with Gasteiger partial charge in [-0.15, -0.1) is 11.3 Å². The van der Waals surface area contributed by atoms with E-state index in [1.165, 1.54) is 11.3 Å². The average molecular weight is 353 g/mol. The summed E-state index contributed by atoms with van der Waals surface area (Å²) in [6, 6.07) is 13.4. The maximum atomic E-state index is 12.2. The smallest absolute Gasteiger partial charge is 0.310 e. The fraction of sp³-hybridized carbons (Fsp3) is 0.158. The van der Waals surface area contributed by atoms with Crippen molar-refractivity contribution in [3.8, 4) is 5.75 Å². The van der Waals surface area contributed by atoms with Crippen LogP contribution >= 0.6 is 11.3 Å². The maximum Gasteiger partial charge on any atom is 0.310 e. The Morgan fingerprint density at radius 1 is 1.24 bits per heavy atom. The Morgan fingerprint density at radius 3 is 2.96 bits per heavy atom. The number of rotatable bonds is 5. The Kier molecular flexibility index (Phi) is 4.11. The van der Waals surface area contributed by atoms with E-state index in [-0.39, 0.29) is 19.0 Å². The second-order valence-electron chi connectivity index (χ2n) is 5.54. The third kappa shape index (κ3) is 3.21. The maximum absolute atomic E-state index is 12.2. The Morgan fingerprint density at radius 2 is 2.12 bits per heavy atom. The van der Waals surface area contributed by atoms with Gasteiger partial charge in [0.2, 0.25) is 0 Å². The summed E-state index contributed by atoms with van der Waals surface area (Å²) in [7, 11) is 1.60. The fourth-order valence-corrected chi connectivity index (χ4v) is 3.54. The van der Waals surface area contributed by atoms with Gasteiger partial charge in [0, 0.05) is 17.0 Å². The normalized spacial score (nSPS) is 11.1. The van der Waals surface area contributed by atoms with Gasteiger partial charge >= 0.3 is 5.97 Å². The van der Waals surface area contributed by atoms with E-state index in [4.69, 9.17) is 13.9 Å². The lowest BCUT2D eigenvalue weighted by Crippen LogP contribution is -2.07. The molecule has 6 heteroatoms. The molecular weight excluding hydrogens is 338 g/mol. The van der Waals surface area contributed by atoms with E-state index in [9.17, 15) is 4.79 Å². The number of furan rings is 1. The monoisotopic (exact) mass is 353 g/mol. The molecule has 0 atom stereocenters. The topological polar surface area (TPSA) is 61.6 Å². The lowest BCUT2D eigenvalue weighted by atomic mass is 10.1. The van der Waals surface area contributed by atoms with Crippen LogP contribution in [0.4, 0.5) is 0 Å². The number of carbonyl (C=O) groups excluding carboxylic acids is 1. The van der Waals surface area contributed by atoms with Gasteiger partial charge in [-0.2, -0.15) is 0 Å². The number of hydrogen-bond donors (Lipinski definition) is 0. The van der Waals surface area contributed by atoms with Crippen molar-refractivity contribution in [1.82, 2.24) is 4.98 Å². The summed E-state index contributed by atoms with van der Waals surface area (Å²) in [5, 5.41) is 1.68. The van der Waals surface area contributed by atoms with Crippen LogP contribution in [0.15, 0.2) is 53.1 Å². The molecule has 0 N–H and O–H groups in total. The second kappa shape index (κ2) is 6.57. The van der Waals surface area contributed by atoms with Crippen LogP contribution in [-0.2, 0) is 22.6 Å². The molecule has 4 rings (SSSR count). The molecule has 0 saturated heterocycles. The predicted molar refractivity (Wildman–Crippen MR) is 95.9 cm³/mol.